The molecule has 0 aromatic carbocycles. The van der Waals surface area contributed by atoms with Crippen molar-refractivity contribution in [2.45, 2.75) is 327 Å². The van der Waals surface area contributed by atoms with Gasteiger partial charge in [0.25, 0.3) is 0 Å². The summed E-state index contributed by atoms with van der Waals surface area (Å²) in [4.78, 5) is 51.2. The molecule has 446 valence electrons. The van der Waals surface area contributed by atoms with Crippen LogP contribution < -0.4 is 0 Å². The summed E-state index contributed by atoms with van der Waals surface area (Å²) in [6.45, 7) is 5.89. The molecule has 0 aromatic heterocycles. The number of allylic oxidation sites excluding steroid dienone is 8. The monoisotopic (exact) mass is 1090 g/mol. The van der Waals surface area contributed by atoms with Gasteiger partial charge in [0.2, 0.25) is 0 Å². The van der Waals surface area contributed by atoms with Crippen LogP contribution in [0.5, 0.6) is 0 Å². The Morgan fingerprint density at radius 1 is 0.442 bits per heavy atom. The Bertz CT molecular complexity index is 1520. The average Bonchev–Trinajstić information content (AvgIpc) is 3.42. The second-order valence-electron chi connectivity index (χ2n) is 21.7. The molecule has 6 atom stereocenters. The minimum atomic E-state index is -1.90. The van der Waals surface area contributed by atoms with E-state index in [9.17, 15) is 34.5 Å². The summed E-state index contributed by atoms with van der Waals surface area (Å²) in [6.07, 6.45) is 52.1. The van der Waals surface area contributed by atoms with Crippen LogP contribution in [-0.4, -0.2) is 89.2 Å². The number of hydrogen-bond acceptors (Lipinski definition) is 11. The lowest BCUT2D eigenvalue weighted by atomic mass is 9.98. The number of unbranched alkanes of at least 4 members (excludes halogenated alkanes) is 32. The summed E-state index contributed by atoms with van der Waals surface area (Å²) in [6, 6.07) is 0. The van der Waals surface area contributed by atoms with Crippen LogP contribution in [0.1, 0.15) is 290 Å². The number of esters is 3. The highest BCUT2D eigenvalue weighted by Crippen LogP contribution is 2.27. The average molecular weight is 1090 g/mol. The highest BCUT2D eigenvalue weighted by atomic mass is 16.7. The molecule has 0 bridgehead atoms. The van der Waals surface area contributed by atoms with Crippen molar-refractivity contribution in [1.29, 1.82) is 0 Å². The number of rotatable bonds is 54. The number of aliphatic hydroxyl groups excluding tert-OH is 2. The van der Waals surface area contributed by atoms with Gasteiger partial charge in [-0.3, -0.25) is 14.4 Å². The molecule has 0 amide bonds. The van der Waals surface area contributed by atoms with Crippen molar-refractivity contribution >= 4 is 23.9 Å². The molecule has 12 heteroatoms. The van der Waals surface area contributed by atoms with Crippen LogP contribution in [0, 0.1) is 0 Å². The zero-order valence-corrected chi connectivity index (χ0v) is 49.2. The van der Waals surface area contributed by atoms with Crippen LogP contribution in [-0.2, 0) is 42.9 Å². The second kappa shape index (κ2) is 53.3. The molecule has 1 heterocycles. The second-order valence-corrected chi connectivity index (χ2v) is 21.7. The van der Waals surface area contributed by atoms with Gasteiger partial charge in [0.1, 0.15) is 18.8 Å². The molecular weight excluding hydrogens is 973 g/mol. The van der Waals surface area contributed by atoms with E-state index < -0.39 is 67.3 Å². The molecule has 1 fully saturated rings. The molecular formula is C65H114O12. The minimum absolute atomic E-state index is 0.0632. The van der Waals surface area contributed by atoms with E-state index in [2.05, 4.69) is 69.4 Å². The van der Waals surface area contributed by atoms with E-state index in [-0.39, 0.29) is 25.9 Å². The van der Waals surface area contributed by atoms with Gasteiger partial charge in [-0.1, -0.05) is 262 Å². The Morgan fingerprint density at radius 2 is 0.818 bits per heavy atom. The summed E-state index contributed by atoms with van der Waals surface area (Å²) >= 11 is 0. The standard InChI is InChI=1S/C65H114O12/c1-4-7-10-13-16-19-22-25-27-29-31-34-36-39-42-45-48-51-57(66)73-54-56(75-58(67)52-49-46-43-40-37-33-24-21-18-15-12-9-6-3)55-74-65-63(61(70)60(69)62(77-65)64(71)72)76-59(68)53-50-47-44-41-38-35-32-30-28-26-23-20-17-14-11-8-5-2/h7,10,16,19,25,27,31,34,56,60-63,65,69-70H,4-6,8-9,11-15,17-18,20-24,26,28-30,32-33,35-55H2,1-3H3,(H,71,72)/b10-7-,19-16-,27-25-,34-31-. The first-order valence-corrected chi connectivity index (χ1v) is 31.6. The Kier molecular flexibility index (Phi) is 49.7. The normalized spacial score (nSPS) is 18.3. The van der Waals surface area contributed by atoms with E-state index >= 15 is 0 Å². The van der Waals surface area contributed by atoms with Crippen molar-refractivity contribution in [3.8, 4) is 0 Å². The van der Waals surface area contributed by atoms with E-state index in [1.165, 1.54) is 135 Å². The van der Waals surface area contributed by atoms with Gasteiger partial charge < -0.3 is 39.0 Å². The first-order chi connectivity index (χ1) is 37.6. The lowest BCUT2D eigenvalue weighted by Gasteiger charge is -2.40. The third-order valence-corrected chi connectivity index (χ3v) is 14.4. The molecule has 77 heavy (non-hydrogen) atoms. The smallest absolute Gasteiger partial charge is 0.335 e. The first kappa shape index (κ1) is 71.7. The number of aliphatic hydroxyl groups is 2. The summed E-state index contributed by atoms with van der Waals surface area (Å²) in [5.41, 5.74) is 0. The lowest BCUT2D eigenvalue weighted by Crippen LogP contribution is -2.61. The number of hydrogen-bond donors (Lipinski definition) is 3. The Labute approximate surface area is 469 Å². The fourth-order valence-electron chi connectivity index (χ4n) is 9.60. The predicted molar refractivity (Wildman–Crippen MR) is 312 cm³/mol. The molecule has 6 unspecified atom stereocenters. The molecule has 0 spiro atoms. The predicted octanol–water partition coefficient (Wildman–Crippen LogP) is 16.6. The molecule has 3 N–H and O–H groups in total. The van der Waals surface area contributed by atoms with Gasteiger partial charge in [-0.15, -0.1) is 0 Å². The van der Waals surface area contributed by atoms with Gasteiger partial charge in [0.15, 0.2) is 24.6 Å². The van der Waals surface area contributed by atoms with Gasteiger partial charge in [-0.2, -0.15) is 0 Å². The van der Waals surface area contributed by atoms with Crippen molar-refractivity contribution in [1.82, 2.24) is 0 Å². The maximum absolute atomic E-state index is 13.2. The molecule has 1 aliphatic heterocycles. The largest absolute Gasteiger partial charge is 0.479 e. The molecule has 1 aliphatic rings. The number of ether oxygens (including phenoxy) is 5. The lowest BCUT2D eigenvalue weighted by molar-refractivity contribution is -0.301. The van der Waals surface area contributed by atoms with Gasteiger partial charge in [-0.25, -0.2) is 4.79 Å². The minimum Gasteiger partial charge on any atom is -0.479 e. The first-order valence-electron chi connectivity index (χ1n) is 31.6. The highest BCUT2D eigenvalue weighted by Gasteiger charge is 2.50. The Balaban J connectivity index is 2.66. The van der Waals surface area contributed by atoms with Gasteiger partial charge >= 0.3 is 23.9 Å². The number of carbonyl (C=O) groups excluding carboxylic acids is 3. The van der Waals surface area contributed by atoms with Crippen molar-refractivity contribution in [3.63, 3.8) is 0 Å². The fraction of sp³-hybridized carbons (Fsp3) is 0.815. The summed E-state index contributed by atoms with van der Waals surface area (Å²) in [5, 5.41) is 31.5. The van der Waals surface area contributed by atoms with E-state index in [0.29, 0.717) is 19.3 Å². The summed E-state index contributed by atoms with van der Waals surface area (Å²) in [5.74, 6) is -3.12. The number of carboxylic acid groups (broad SMARTS) is 1. The van der Waals surface area contributed by atoms with Crippen LogP contribution in [0.25, 0.3) is 0 Å². The van der Waals surface area contributed by atoms with E-state index in [1.807, 2.05) is 0 Å². The van der Waals surface area contributed by atoms with Crippen molar-refractivity contribution in [2.24, 2.45) is 0 Å². The quantitative estimate of drug-likeness (QED) is 0.0228. The summed E-state index contributed by atoms with van der Waals surface area (Å²) < 4.78 is 28.5. The third-order valence-electron chi connectivity index (χ3n) is 14.4. The SMILES string of the molecule is CC/C=C\C/C=C\C/C=C\C/C=C\CCCCCCC(=O)OCC(COC1OC(C(=O)O)C(O)C(O)C1OC(=O)CCCCCCCCCCCCCCCCCCC)OC(=O)CCCCCCCCCCCCCCC. The van der Waals surface area contributed by atoms with Crippen molar-refractivity contribution in [3.05, 3.63) is 48.6 Å². The molecule has 12 nitrogen and oxygen atoms in total. The van der Waals surface area contributed by atoms with Crippen molar-refractivity contribution in [2.75, 3.05) is 13.2 Å². The Hall–Kier alpha value is -3.32. The topological polar surface area (TPSA) is 175 Å². The number of aliphatic carboxylic acids is 1. The fourth-order valence-corrected chi connectivity index (χ4v) is 9.60. The van der Waals surface area contributed by atoms with E-state index in [4.69, 9.17) is 23.7 Å². The number of carbonyl (C=O) groups is 4. The van der Waals surface area contributed by atoms with Crippen molar-refractivity contribution < 1.29 is 58.2 Å². The van der Waals surface area contributed by atoms with Gasteiger partial charge in [-0.05, 0) is 57.8 Å². The summed E-state index contributed by atoms with van der Waals surface area (Å²) in [7, 11) is 0. The zero-order chi connectivity index (χ0) is 56.1. The van der Waals surface area contributed by atoms with Crippen LogP contribution in [0.15, 0.2) is 48.6 Å². The molecule has 0 aromatic rings. The molecule has 0 radical (unpaired) electrons. The molecule has 1 saturated heterocycles. The van der Waals surface area contributed by atoms with Crippen LogP contribution in [0.2, 0.25) is 0 Å². The van der Waals surface area contributed by atoms with Crippen LogP contribution in [0.4, 0.5) is 0 Å². The van der Waals surface area contributed by atoms with E-state index in [1.54, 1.807) is 0 Å². The van der Waals surface area contributed by atoms with Gasteiger partial charge in [0.05, 0.1) is 6.61 Å². The molecule has 0 saturated carbocycles. The van der Waals surface area contributed by atoms with E-state index in [0.717, 1.165) is 96.3 Å². The molecule has 0 aliphatic carbocycles. The van der Waals surface area contributed by atoms with Crippen LogP contribution in [0.3, 0.4) is 0 Å². The maximum Gasteiger partial charge on any atom is 0.335 e. The van der Waals surface area contributed by atoms with Crippen LogP contribution >= 0.6 is 0 Å². The molecule has 1 rings (SSSR count). The van der Waals surface area contributed by atoms with Gasteiger partial charge in [0, 0.05) is 19.3 Å². The highest BCUT2D eigenvalue weighted by molar-refractivity contribution is 5.74. The zero-order valence-electron chi connectivity index (χ0n) is 49.2. The third kappa shape index (κ3) is 43.2. The maximum atomic E-state index is 13.2. The number of carboxylic acids is 1. The Morgan fingerprint density at radius 3 is 1.25 bits per heavy atom.